The average molecular weight is 320 g/mol. The molecule has 1 fully saturated rings. The topological polar surface area (TPSA) is 88.2 Å². The van der Waals surface area contributed by atoms with E-state index in [-0.39, 0.29) is 12.5 Å². The molecule has 7 heteroatoms. The number of para-hydroxylation sites is 1. The molecule has 1 saturated heterocycles. The number of hydrogen-bond acceptors (Lipinski definition) is 6. The summed E-state index contributed by atoms with van der Waals surface area (Å²) in [4.78, 5) is 29.1. The summed E-state index contributed by atoms with van der Waals surface area (Å²) >= 11 is 0. The lowest BCUT2D eigenvalue weighted by Gasteiger charge is -2.35. The number of amides is 1. The molecule has 1 aromatic carbocycles. The summed E-state index contributed by atoms with van der Waals surface area (Å²) in [5.74, 6) is 1.17. The summed E-state index contributed by atoms with van der Waals surface area (Å²) in [5.41, 5.74) is 7.17. The molecule has 2 N–H and O–H groups in total. The second-order valence-electron chi connectivity index (χ2n) is 5.61. The second kappa shape index (κ2) is 5.77. The van der Waals surface area contributed by atoms with Crippen molar-refractivity contribution in [3.8, 4) is 0 Å². The monoisotopic (exact) mass is 320 g/mol. The molecule has 1 aliphatic heterocycles. The van der Waals surface area contributed by atoms with E-state index < -0.39 is 0 Å². The molecule has 0 aliphatic carbocycles. The number of nitrogen functional groups attached to an aromatic ring is 1. The van der Waals surface area contributed by atoms with Gasteiger partial charge in [0.25, 0.3) is 0 Å². The van der Waals surface area contributed by atoms with Crippen molar-refractivity contribution in [1.82, 2.24) is 15.0 Å². The molecule has 3 heterocycles. The van der Waals surface area contributed by atoms with Crippen molar-refractivity contribution in [2.75, 3.05) is 35.2 Å². The molecule has 2 aromatic heterocycles. The maximum absolute atomic E-state index is 12.6. The number of nitrogens with two attached hydrogens (primary N) is 1. The molecule has 4 rings (SSSR count). The van der Waals surface area contributed by atoms with Gasteiger partial charge >= 0.3 is 0 Å². The fraction of sp³-hybridized carbons (Fsp3) is 0.176. The van der Waals surface area contributed by atoms with Gasteiger partial charge in [-0.3, -0.25) is 4.79 Å². The van der Waals surface area contributed by atoms with Crippen molar-refractivity contribution in [1.29, 1.82) is 0 Å². The Hall–Kier alpha value is -3.22. The Morgan fingerprint density at radius 1 is 1.00 bits per heavy atom. The first-order valence-corrected chi connectivity index (χ1v) is 7.70. The Morgan fingerprint density at radius 2 is 1.83 bits per heavy atom. The van der Waals surface area contributed by atoms with Crippen molar-refractivity contribution < 1.29 is 4.79 Å². The molecule has 0 spiro atoms. The molecule has 24 heavy (non-hydrogen) atoms. The zero-order chi connectivity index (χ0) is 16.5. The van der Waals surface area contributed by atoms with Gasteiger partial charge in [0.05, 0.1) is 11.9 Å². The summed E-state index contributed by atoms with van der Waals surface area (Å²) in [5, 5.41) is 0.799. The highest BCUT2D eigenvalue weighted by Crippen LogP contribution is 2.25. The van der Waals surface area contributed by atoms with E-state index >= 15 is 0 Å². The van der Waals surface area contributed by atoms with Crippen LogP contribution >= 0.6 is 0 Å². The van der Waals surface area contributed by atoms with Crippen molar-refractivity contribution in [3.63, 3.8) is 0 Å². The van der Waals surface area contributed by atoms with Gasteiger partial charge in [0.2, 0.25) is 5.91 Å². The van der Waals surface area contributed by atoms with Gasteiger partial charge in [-0.15, -0.1) is 0 Å². The number of carbonyl (C=O) groups is 1. The predicted octanol–water partition coefficient (Wildman–Crippen LogP) is 1.46. The second-order valence-corrected chi connectivity index (χ2v) is 5.61. The first kappa shape index (κ1) is 14.4. The Labute approximate surface area is 138 Å². The normalized spacial score (nSPS) is 15.1. The van der Waals surface area contributed by atoms with Gasteiger partial charge in [0.1, 0.15) is 18.0 Å². The summed E-state index contributed by atoms with van der Waals surface area (Å²) in [6.07, 6.45) is 1.46. The third-order valence-corrected chi connectivity index (χ3v) is 4.09. The lowest BCUT2D eigenvalue weighted by molar-refractivity contribution is -0.117. The SMILES string of the molecule is Nc1ccc2c(N3CCN(c4ccccc4)C(=O)C3)ncnc2n1. The van der Waals surface area contributed by atoms with Crippen molar-refractivity contribution in [2.24, 2.45) is 0 Å². The zero-order valence-electron chi connectivity index (χ0n) is 13.0. The highest BCUT2D eigenvalue weighted by atomic mass is 16.2. The van der Waals surface area contributed by atoms with Crippen LogP contribution in [0.3, 0.4) is 0 Å². The van der Waals surface area contributed by atoms with Gasteiger partial charge in [0.15, 0.2) is 5.65 Å². The third-order valence-electron chi connectivity index (χ3n) is 4.09. The van der Waals surface area contributed by atoms with E-state index in [1.54, 1.807) is 11.0 Å². The van der Waals surface area contributed by atoms with Crippen LogP contribution in [0.4, 0.5) is 17.3 Å². The number of piperazine rings is 1. The number of anilines is 3. The lowest BCUT2D eigenvalue weighted by atomic mass is 10.2. The van der Waals surface area contributed by atoms with Crippen LogP contribution in [0, 0.1) is 0 Å². The maximum Gasteiger partial charge on any atom is 0.246 e. The highest BCUT2D eigenvalue weighted by molar-refractivity contribution is 5.99. The Bertz CT molecular complexity index is 898. The van der Waals surface area contributed by atoms with Gasteiger partial charge in [-0.1, -0.05) is 18.2 Å². The van der Waals surface area contributed by atoms with E-state index in [0.717, 1.165) is 11.1 Å². The van der Waals surface area contributed by atoms with Crippen molar-refractivity contribution in [2.45, 2.75) is 0 Å². The molecule has 0 radical (unpaired) electrons. The van der Waals surface area contributed by atoms with Crippen molar-refractivity contribution >= 4 is 34.3 Å². The largest absolute Gasteiger partial charge is 0.384 e. The number of hydrogen-bond donors (Lipinski definition) is 1. The molecular weight excluding hydrogens is 304 g/mol. The van der Waals surface area contributed by atoms with Gasteiger partial charge in [0, 0.05) is 18.8 Å². The summed E-state index contributed by atoms with van der Waals surface area (Å²) in [6, 6.07) is 13.3. The molecule has 7 nitrogen and oxygen atoms in total. The van der Waals surface area contributed by atoms with Crippen LogP contribution in [0.2, 0.25) is 0 Å². The lowest BCUT2D eigenvalue weighted by Crippen LogP contribution is -2.51. The van der Waals surface area contributed by atoms with Gasteiger partial charge in [-0.25, -0.2) is 15.0 Å². The number of aromatic nitrogens is 3. The van der Waals surface area contributed by atoms with Crippen molar-refractivity contribution in [3.05, 3.63) is 48.8 Å². The first-order chi connectivity index (χ1) is 11.7. The van der Waals surface area contributed by atoms with E-state index in [4.69, 9.17) is 5.73 Å². The summed E-state index contributed by atoms with van der Waals surface area (Å²) in [7, 11) is 0. The van der Waals surface area contributed by atoms with Crippen LogP contribution < -0.4 is 15.5 Å². The van der Waals surface area contributed by atoms with E-state index in [1.807, 2.05) is 41.3 Å². The Kier molecular flexibility index (Phi) is 3.45. The van der Waals surface area contributed by atoms with E-state index in [2.05, 4.69) is 15.0 Å². The fourth-order valence-corrected chi connectivity index (χ4v) is 2.93. The van der Waals surface area contributed by atoms with Crippen LogP contribution in [-0.2, 0) is 4.79 Å². The maximum atomic E-state index is 12.6. The van der Waals surface area contributed by atoms with Gasteiger partial charge < -0.3 is 15.5 Å². The number of benzene rings is 1. The predicted molar refractivity (Wildman–Crippen MR) is 92.8 cm³/mol. The molecule has 0 atom stereocenters. The molecule has 0 bridgehead atoms. The number of carbonyl (C=O) groups excluding carboxylic acids is 1. The van der Waals surface area contributed by atoms with Crippen LogP contribution in [0.15, 0.2) is 48.8 Å². The van der Waals surface area contributed by atoms with Crippen LogP contribution in [0.25, 0.3) is 11.0 Å². The minimum atomic E-state index is 0.0441. The zero-order valence-corrected chi connectivity index (χ0v) is 13.0. The first-order valence-electron chi connectivity index (χ1n) is 7.70. The molecule has 3 aromatic rings. The standard InChI is InChI=1S/C17H16N6O/c18-14-7-6-13-16(21-14)19-11-20-17(13)22-8-9-23(15(24)10-22)12-4-2-1-3-5-12/h1-7,11H,8-10H2,(H2,18,19,20,21). The molecule has 120 valence electrons. The highest BCUT2D eigenvalue weighted by Gasteiger charge is 2.26. The van der Waals surface area contributed by atoms with E-state index in [0.29, 0.717) is 30.4 Å². The summed E-state index contributed by atoms with van der Waals surface area (Å²) in [6.45, 7) is 1.57. The Balaban J connectivity index is 1.63. The number of pyridine rings is 1. The van der Waals surface area contributed by atoms with Crippen LogP contribution in [0.5, 0.6) is 0 Å². The number of fused-ring (bicyclic) bond motifs is 1. The fourth-order valence-electron chi connectivity index (χ4n) is 2.93. The molecule has 1 aliphatic rings. The van der Waals surface area contributed by atoms with Gasteiger partial charge in [-0.05, 0) is 24.3 Å². The quantitative estimate of drug-likeness (QED) is 0.769. The summed E-state index contributed by atoms with van der Waals surface area (Å²) < 4.78 is 0. The third kappa shape index (κ3) is 2.50. The Morgan fingerprint density at radius 3 is 2.62 bits per heavy atom. The van der Waals surface area contributed by atoms with Gasteiger partial charge in [-0.2, -0.15) is 0 Å². The van der Waals surface area contributed by atoms with Crippen LogP contribution in [0.1, 0.15) is 0 Å². The minimum absolute atomic E-state index is 0.0441. The number of rotatable bonds is 2. The molecule has 0 saturated carbocycles. The molecule has 1 amide bonds. The molecule has 0 unspecified atom stereocenters. The minimum Gasteiger partial charge on any atom is -0.384 e. The number of nitrogens with zero attached hydrogens (tertiary/aromatic N) is 5. The smallest absolute Gasteiger partial charge is 0.246 e. The average Bonchev–Trinajstić information content (AvgIpc) is 2.61. The van der Waals surface area contributed by atoms with Crippen LogP contribution in [-0.4, -0.2) is 40.5 Å². The van der Waals surface area contributed by atoms with E-state index in [1.165, 1.54) is 6.33 Å². The van der Waals surface area contributed by atoms with E-state index in [9.17, 15) is 4.79 Å². The molecular formula is C17H16N6O.